The molecule has 1 fully saturated rings. The minimum atomic E-state index is -0.0486. The fraction of sp³-hybridized carbons (Fsp3) is 0.900. The third-order valence-corrected chi connectivity index (χ3v) is 3.35. The van der Waals surface area contributed by atoms with E-state index in [2.05, 4.69) is 27.7 Å². The van der Waals surface area contributed by atoms with E-state index in [0.29, 0.717) is 5.78 Å². The normalized spacial score (nSPS) is 32.9. The van der Waals surface area contributed by atoms with Crippen LogP contribution in [-0.2, 0) is 4.79 Å². The molecule has 1 aliphatic rings. The van der Waals surface area contributed by atoms with Crippen LogP contribution in [0.25, 0.3) is 0 Å². The first-order valence-corrected chi connectivity index (χ1v) is 4.41. The Labute approximate surface area is 69.2 Å². The molecule has 0 spiro atoms. The van der Waals surface area contributed by atoms with Crippen LogP contribution in [-0.4, -0.2) is 5.78 Å². The third kappa shape index (κ3) is 1.21. The van der Waals surface area contributed by atoms with Crippen LogP contribution in [0.1, 0.15) is 47.0 Å². The summed E-state index contributed by atoms with van der Waals surface area (Å²) in [5.74, 6) is 0.463. The van der Waals surface area contributed by atoms with Crippen LogP contribution in [0.2, 0.25) is 0 Å². The summed E-state index contributed by atoms with van der Waals surface area (Å²) in [7, 11) is 0. The van der Waals surface area contributed by atoms with Crippen LogP contribution >= 0.6 is 0 Å². The lowest BCUT2D eigenvalue weighted by atomic mass is 9.66. The van der Waals surface area contributed by atoms with Gasteiger partial charge in [-0.3, -0.25) is 4.79 Å². The standard InChI is InChI=1S/C10H18O/c1-9(2,3)10(4)7-5-6-8(10)11/h5-7H2,1-4H3. The van der Waals surface area contributed by atoms with Gasteiger partial charge in [0.1, 0.15) is 5.78 Å². The summed E-state index contributed by atoms with van der Waals surface area (Å²) >= 11 is 0. The minimum absolute atomic E-state index is 0.0486. The Morgan fingerprint density at radius 3 is 2.09 bits per heavy atom. The van der Waals surface area contributed by atoms with Gasteiger partial charge in [0.05, 0.1) is 0 Å². The van der Waals surface area contributed by atoms with Gasteiger partial charge in [0, 0.05) is 11.8 Å². The average Bonchev–Trinajstić information content (AvgIpc) is 2.12. The molecule has 1 heteroatoms. The van der Waals surface area contributed by atoms with Gasteiger partial charge in [-0.1, -0.05) is 27.7 Å². The topological polar surface area (TPSA) is 17.1 Å². The maximum Gasteiger partial charge on any atom is 0.139 e. The number of hydrogen-bond donors (Lipinski definition) is 0. The second-order valence-corrected chi connectivity index (χ2v) is 4.86. The molecular formula is C10H18O. The quantitative estimate of drug-likeness (QED) is 0.524. The van der Waals surface area contributed by atoms with Crippen molar-refractivity contribution in [1.82, 2.24) is 0 Å². The molecule has 0 aromatic carbocycles. The van der Waals surface area contributed by atoms with Crippen molar-refractivity contribution in [3.05, 3.63) is 0 Å². The van der Waals surface area contributed by atoms with Crippen molar-refractivity contribution < 1.29 is 4.79 Å². The number of Topliss-reactive ketones (excluding diaryl/α,β-unsaturated/α-hetero) is 1. The van der Waals surface area contributed by atoms with Gasteiger partial charge < -0.3 is 0 Å². The first-order chi connectivity index (χ1) is 4.88. The average molecular weight is 154 g/mol. The zero-order valence-corrected chi connectivity index (χ0v) is 8.03. The molecule has 0 heterocycles. The predicted molar refractivity (Wildman–Crippen MR) is 46.4 cm³/mol. The Kier molecular flexibility index (Phi) is 1.85. The fourth-order valence-electron chi connectivity index (χ4n) is 1.81. The molecular weight excluding hydrogens is 136 g/mol. The van der Waals surface area contributed by atoms with Crippen LogP contribution in [0.3, 0.4) is 0 Å². The van der Waals surface area contributed by atoms with Gasteiger partial charge in [-0.05, 0) is 18.3 Å². The largest absolute Gasteiger partial charge is 0.299 e. The van der Waals surface area contributed by atoms with Gasteiger partial charge in [0.2, 0.25) is 0 Å². The Bertz CT molecular complexity index is 176. The Balaban J connectivity index is 2.90. The number of rotatable bonds is 0. The molecule has 0 saturated heterocycles. The minimum Gasteiger partial charge on any atom is -0.299 e. The number of hydrogen-bond acceptors (Lipinski definition) is 1. The highest BCUT2D eigenvalue weighted by Gasteiger charge is 2.46. The molecule has 1 unspecified atom stereocenters. The highest BCUT2D eigenvalue weighted by Crippen LogP contribution is 2.47. The molecule has 1 nitrogen and oxygen atoms in total. The maximum absolute atomic E-state index is 11.5. The van der Waals surface area contributed by atoms with E-state index in [9.17, 15) is 4.79 Å². The van der Waals surface area contributed by atoms with E-state index in [1.807, 2.05) is 0 Å². The molecule has 11 heavy (non-hydrogen) atoms. The van der Waals surface area contributed by atoms with E-state index in [4.69, 9.17) is 0 Å². The summed E-state index contributed by atoms with van der Waals surface area (Å²) in [6.07, 6.45) is 2.97. The molecule has 0 radical (unpaired) electrons. The van der Waals surface area contributed by atoms with Crippen molar-refractivity contribution >= 4 is 5.78 Å². The molecule has 0 bridgehead atoms. The van der Waals surface area contributed by atoms with E-state index in [0.717, 1.165) is 19.3 Å². The van der Waals surface area contributed by atoms with Gasteiger partial charge in [-0.15, -0.1) is 0 Å². The summed E-state index contributed by atoms with van der Waals surface area (Å²) in [5, 5.41) is 0. The van der Waals surface area contributed by atoms with Crippen molar-refractivity contribution in [2.24, 2.45) is 10.8 Å². The zero-order chi connectivity index (χ0) is 8.70. The lowest BCUT2D eigenvalue weighted by Gasteiger charge is -2.36. The van der Waals surface area contributed by atoms with E-state index >= 15 is 0 Å². The summed E-state index contributed by atoms with van der Waals surface area (Å²) in [5.41, 5.74) is 0.0909. The molecule has 1 saturated carbocycles. The summed E-state index contributed by atoms with van der Waals surface area (Å²) in [6.45, 7) is 8.60. The first-order valence-electron chi connectivity index (χ1n) is 4.41. The second kappa shape index (κ2) is 2.33. The van der Waals surface area contributed by atoms with Gasteiger partial charge in [-0.25, -0.2) is 0 Å². The Morgan fingerprint density at radius 2 is 1.91 bits per heavy atom. The lowest BCUT2D eigenvalue weighted by molar-refractivity contribution is -0.130. The molecule has 0 aromatic rings. The number of ketones is 1. The molecule has 0 amide bonds. The van der Waals surface area contributed by atoms with Crippen LogP contribution in [0.4, 0.5) is 0 Å². The van der Waals surface area contributed by atoms with E-state index < -0.39 is 0 Å². The summed E-state index contributed by atoms with van der Waals surface area (Å²) < 4.78 is 0. The molecule has 1 atom stereocenters. The van der Waals surface area contributed by atoms with E-state index in [-0.39, 0.29) is 10.8 Å². The van der Waals surface area contributed by atoms with Crippen LogP contribution in [0.5, 0.6) is 0 Å². The number of carbonyl (C=O) groups is 1. The Hall–Kier alpha value is -0.330. The highest BCUT2D eigenvalue weighted by atomic mass is 16.1. The van der Waals surface area contributed by atoms with Gasteiger partial charge >= 0.3 is 0 Å². The maximum atomic E-state index is 11.5. The Morgan fingerprint density at radius 1 is 1.36 bits per heavy atom. The van der Waals surface area contributed by atoms with Gasteiger partial charge in [-0.2, -0.15) is 0 Å². The first kappa shape index (κ1) is 8.76. The van der Waals surface area contributed by atoms with Gasteiger partial charge in [0.15, 0.2) is 0 Å². The molecule has 64 valence electrons. The van der Waals surface area contributed by atoms with Crippen molar-refractivity contribution in [2.75, 3.05) is 0 Å². The summed E-state index contributed by atoms with van der Waals surface area (Å²) in [4.78, 5) is 11.5. The highest BCUT2D eigenvalue weighted by molar-refractivity contribution is 5.87. The van der Waals surface area contributed by atoms with Crippen molar-refractivity contribution in [3.8, 4) is 0 Å². The van der Waals surface area contributed by atoms with Crippen molar-refractivity contribution in [1.29, 1.82) is 0 Å². The zero-order valence-electron chi connectivity index (χ0n) is 8.03. The predicted octanol–water partition coefficient (Wildman–Crippen LogP) is 2.79. The lowest BCUT2D eigenvalue weighted by Crippen LogP contribution is -2.36. The SMILES string of the molecule is CC(C)(C)C1(C)CCCC1=O. The third-order valence-electron chi connectivity index (χ3n) is 3.35. The smallest absolute Gasteiger partial charge is 0.139 e. The molecule has 1 aliphatic carbocycles. The van der Waals surface area contributed by atoms with Gasteiger partial charge in [0.25, 0.3) is 0 Å². The second-order valence-electron chi connectivity index (χ2n) is 4.86. The molecule has 0 aliphatic heterocycles. The van der Waals surface area contributed by atoms with Crippen molar-refractivity contribution in [3.63, 3.8) is 0 Å². The van der Waals surface area contributed by atoms with Crippen LogP contribution in [0, 0.1) is 10.8 Å². The van der Waals surface area contributed by atoms with E-state index in [1.165, 1.54) is 0 Å². The number of carbonyl (C=O) groups excluding carboxylic acids is 1. The van der Waals surface area contributed by atoms with Crippen LogP contribution in [0.15, 0.2) is 0 Å². The van der Waals surface area contributed by atoms with Crippen LogP contribution < -0.4 is 0 Å². The molecule has 0 N–H and O–H groups in total. The monoisotopic (exact) mass is 154 g/mol. The fourth-order valence-corrected chi connectivity index (χ4v) is 1.81. The molecule has 1 rings (SSSR count). The van der Waals surface area contributed by atoms with E-state index in [1.54, 1.807) is 0 Å². The van der Waals surface area contributed by atoms with Crippen molar-refractivity contribution in [2.45, 2.75) is 47.0 Å². The molecule has 0 aromatic heterocycles. The summed E-state index contributed by atoms with van der Waals surface area (Å²) in [6, 6.07) is 0.